The van der Waals surface area contributed by atoms with E-state index in [1.54, 1.807) is 55.6 Å². The number of benzene rings is 4. The number of nitrogens with one attached hydrogen (secondary N) is 2. The average Bonchev–Trinajstić information content (AvgIpc) is 2.88. The van der Waals surface area contributed by atoms with Crippen molar-refractivity contribution in [3.8, 4) is 22.6 Å². The summed E-state index contributed by atoms with van der Waals surface area (Å²) < 4.78 is 10.7. The van der Waals surface area contributed by atoms with Crippen LogP contribution in [0.25, 0.3) is 11.1 Å². The third kappa shape index (κ3) is 5.81. The van der Waals surface area contributed by atoms with Gasteiger partial charge in [-0.05, 0) is 48.0 Å². The Kier molecular flexibility index (Phi) is 7.20. The predicted octanol–water partition coefficient (Wildman–Crippen LogP) is 5.63. The Balaban J connectivity index is 1.35. The molecule has 0 saturated heterocycles. The SMILES string of the molecule is COc1cccc(NC(=O)COc2ccc(C(=O)Nc3ccccc3-c3ccccc3)cc2)c1. The molecule has 4 rings (SSSR count). The Bertz CT molecular complexity index is 1270. The monoisotopic (exact) mass is 452 g/mol. The zero-order valence-corrected chi connectivity index (χ0v) is 18.7. The molecule has 0 aliphatic rings. The molecule has 0 aliphatic carbocycles. The molecule has 0 aromatic heterocycles. The second-order valence-electron chi connectivity index (χ2n) is 7.46. The van der Waals surface area contributed by atoms with Crippen LogP contribution in [0.4, 0.5) is 11.4 Å². The summed E-state index contributed by atoms with van der Waals surface area (Å²) in [5.74, 6) is 0.610. The Morgan fingerprint density at radius 2 is 1.47 bits per heavy atom. The van der Waals surface area contributed by atoms with Crippen LogP contribution in [0, 0.1) is 0 Å². The Hall–Kier alpha value is -4.58. The van der Waals surface area contributed by atoms with Crippen LogP contribution in [0.1, 0.15) is 10.4 Å². The number of methoxy groups -OCH3 is 1. The van der Waals surface area contributed by atoms with E-state index < -0.39 is 0 Å². The molecule has 2 amide bonds. The highest BCUT2D eigenvalue weighted by Crippen LogP contribution is 2.28. The van der Waals surface area contributed by atoms with Crippen LogP contribution in [0.5, 0.6) is 11.5 Å². The highest BCUT2D eigenvalue weighted by Gasteiger charge is 2.11. The Morgan fingerprint density at radius 3 is 2.24 bits per heavy atom. The maximum atomic E-state index is 12.8. The number of para-hydroxylation sites is 1. The van der Waals surface area contributed by atoms with Crippen LogP contribution in [-0.2, 0) is 4.79 Å². The molecule has 6 nitrogen and oxygen atoms in total. The van der Waals surface area contributed by atoms with Crippen LogP contribution < -0.4 is 20.1 Å². The number of carbonyl (C=O) groups is 2. The third-order valence-electron chi connectivity index (χ3n) is 5.10. The van der Waals surface area contributed by atoms with Gasteiger partial charge in [-0.25, -0.2) is 0 Å². The molecule has 0 fully saturated rings. The molecule has 2 N–H and O–H groups in total. The average molecular weight is 453 g/mol. The summed E-state index contributed by atoms with van der Waals surface area (Å²) in [6.07, 6.45) is 0. The van der Waals surface area contributed by atoms with E-state index in [9.17, 15) is 9.59 Å². The maximum absolute atomic E-state index is 12.8. The second kappa shape index (κ2) is 10.8. The van der Waals surface area contributed by atoms with E-state index in [0.29, 0.717) is 22.7 Å². The first-order valence-electron chi connectivity index (χ1n) is 10.7. The fourth-order valence-electron chi connectivity index (χ4n) is 3.41. The van der Waals surface area contributed by atoms with Crippen molar-refractivity contribution in [1.82, 2.24) is 0 Å². The molecule has 0 spiro atoms. The molecule has 34 heavy (non-hydrogen) atoms. The van der Waals surface area contributed by atoms with E-state index in [4.69, 9.17) is 9.47 Å². The van der Waals surface area contributed by atoms with Gasteiger partial charge in [0.25, 0.3) is 11.8 Å². The van der Waals surface area contributed by atoms with Crippen LogP contribution in [0.15, 0.2) is 103 Å². The normalized spacial score (nSPS) is 10.3. The molecule has 0 bridgehead atoms. The standard InChI is InChI=1S/C28H24N2O4/c1-33-24-11-7-10-22(18-24)29-27(31)19-34-23-16-14-21(15-17-23)28(32)30-26-13-6-5-12-25(26)20-8-3-2-4-9-20/h2-18H,19H2,1H3,(H,29,31)(H,30,32). The molecule has 0 aliphatic heterocycles. The number of amides is 2. The van der Waals surface area contributed by atoms with Crippen molar-refractivity contribution in [3.05, 3.63) is 109 Å². The summed E-state index contributed by atoms with van der Waals surface area (Å²) in [4.78, 5) is 25.0. The van der Waals surface area contributed by atoms with Gasteiger partial charge >= 0.3 is 0 Å². The van der Waals surface area contributed by atoms with E-state index >= 15 is 0 Å². The summed E-state index contributed by atoms with van der Waals surface area (Å²) in [6.45, 7) is -0.160. The maximum Gasteiger partial charge on any atom is 0.262 e. The van der Waals surface area contributed by atoms with E-state index in [1.807, 2.05) is 54.6 Å². The molecule has 6 heteroatoms. The highest BCUT2D eigenvalue weighted by molar-refractivity contribution is 6.06. The molecular formula is C28H24N2O4. The van der Waals surface area contributed by atoms with Crippen molar-refractivity contribution in [2.75, 3.05) is 24.4 Å². The van der Waals surface area contributed by atoms with Gasteiger partial charge in [0.1, 0.15) is 11.5 Å². The summed E-state index contributed by atoms with van der Waals surface area (Å²) in [7, 11) is 1.57. The fourth-order valence-corrected chi connectivity index (χ4v) is 3.41. The van der Waals surface area contributed by atoms with Gasteiger partial charge in [-0.15, -0.1) is 0 Å². The van der Waals surface area contributed by atoms with Crippen molar-refractivity contribution in [3.63, 3.8) is 0 Å². The van der Waals surface area contributed by atoms with Crippen molar-refractivity contribution in [2.45, 2.75) is 0 Å². The Morgan fingerprint density at radius 1 is 0.735 bits per heavy atom. The number of hydrogen-bond acceptors (Lipinski definition) is 4. The third-order valence-corrected chi connectivity index (χ3v) is 5.10. The zero-order valence-electron chi connectivity index (χ0n) is 18.7. The van der Waals surface area contributed by atoms with Crippen LogP contribution in [0.2, 0.25) is 0 Å². The van der Waals surface area contributed by atoms with Crippen molar-refractivity contribution in [2.24, 2.45) is 0 Å². The number of hydrogen-bond donors (Lipinski definition) is 2. The Labute approximate surface area is 198 Å². The number of ether oxygens (including phenoxy) is 2. The first kappa shape index (κ1) is 22.6. The van der Waals surface area contributed by atoms with Gasteiger partial charge in [0.2, 0.25) is 0 Å². The molecule has 4 aromatic rings. The molecule has 4 aromatic carbocycles. The van der Waals surface area contributed by atoms with E-state index in [2.05, 4.69) is 10.6 Å². The lowest BCUT2D eigenvalue weighted by Crippen LogP contribution is -2.20. The minimum Gasteiger partial charge on any atom is -0.497 e. The zero-order chi connectivity index (χ0) is 23.8. The van der Waals surface area contributed by atoms with Gasteiger partial charge in [-0.2, -0.15) is 0 Å². The van der Waals surface area contributed by atoms with Crippen LogP contribution >= 0.6 is 0 Å². The topological polar surface area (TPSA) is 76.7 Å². The first-order chi connectivity index (χ1) is 16.6. The highest BCUT2D eigenvalue weighted by atomic mass is 16.5. The quantitative estimate of drug-likeness (QED) is 0.363. The summed E-state index contributed by atoms with van der Waals surface area (Å²) in [5.41, 5.74) is 3.80. The van der Waals surface area contributed by atoms with Crippen molar-refractivity contribution >= 4 is 23.2 Å². The summed E-state index contributed by atoms with van der Waals surface area (Å²) >= 11 is 0. The smallest absolute Gasteiger partial charge is 0.262 e. The predicted molar refractivity (Wildman–Crippen MR) is 133 cm³/mol. The molecular weight excluding hydrogens is 428 g/mol. The van der Waals surface area contributed by atoms with Crippen molar-refractivity contribution in [1.29, 1.82) is 0 Å². The molecule has 0 unspecified atom stereocenters. The van der Waals surface area contributed by atoms with Gasteiger partial charge in [0.15, 0.2) is 6.61 Å². The van der Waals surface area contributed by atoms with Crippen LogP contribution in [-0.4, -0.2) is 25.5 Å². The number of anilines is 2. The van der Waals surface area contributed by atoms with Crippen LogP contribution in [0.3, 0.4) is 0 Å². The lowest BCUT2D eigenvalue weighted by molar-refractivity contribution is -0.118. The lowest BCUT2D eigenvalue weighted by atomic mass is 10.0. The minimum absolute atomic E-state index is 0.160. The first-order valence-corrected chi connectivity index (χ1v) is 10.7. The van der Waals surface area contributed by atoms with Gasteiger partial charge in [0, 0.05) is 28.6 Å². The molecule has 0 atom stereocenters. The van der Waals surface area contributed by atoms with E-state index in [-0.39, 0.29) is 18.4 Å². The summed E-state index contributed by atoms with van der Waals surface area (Å²) in [5, 5.41) is 5.73. The van der Waals surface area contributed by atoms with Crippen molar-refractivity contribution < 1.29 is 19.1 Å². The van der Waals surface area contributed by atoms with E-state index in [1.165, 1.54) is 0 Å². The minimum atomic E-state index is -0.299. The number of rotatable bonds is 8. The fraction of sp³-hybridized carbons (Fsp3) is 0.0714. The van der Waals surface area contributed by atoms with Gasteiger partial charge < -0.3 is 20.1 Å². The second-order valence-corrected chi connectivity index (χ2v) is 7.46. The molecule has 170 valence electrons. The summed E-state index contributed by atoms with van der Waals surface area (Å²) in [6, 6.07) is 31.3. The van der Waals surface area contributed by atoms with Gasteiger partial charge in [-0.3, -0.25) is 9.59 Å². The number of carbonyl (C=O) groups excluding carboxylic acids is 2. The molecule has 0 radical (unpaired) electrons. The molecule has 0 heterocycles. The largest absolute Gasteiger partial charge is 0.497 e. The molecule has 0 saturated carbocycles. The van der Waals surface area contributed by atoms with Gasteiger partial charge in [-0.1, -0.05) is 54.6 Å². The van der Waals surface area contributed by atoms with E-state index in [0.717, 1.165) is 16.8 Å². The van der Waals surface area contributed by atoms with Gasteiger partial charge in [0.05, 0.1) is 7.11 Å². The lowest BCUT2D eigenvalue weighted by Gasteiger charge is -2.12.